The maximum Gasteiger partial charge on any atom is 0.258 e. The highest BCUT2D eigenvalue weighted by Crippen LogP contribution is 2.30. The highest BCUT2D eigenvalue weighted by molar-refractivity contribution is 5.88. The van der Waals surface area contributed by atoms with Crippen LogP contribution in [-0.4, -0.2) is 15.1 Å². The van der Waals surface area contributed by atoms with Crippen LogP contribution in [0.2, 0.25) is 0 Å². The lowest BCUT2D eigenvalue weighted by molar-refractivity contribution is 0.432. The van der Waals surface area contributed by atoms with E-state index in [-0.39, 0.29) is 0 Å². The molecule has 0 aliphatic carbocycles. The van der Waals surface area contributed by atoms with E-state index in [9.17, 15) is 0 Å². The van der Waals surface area contributed by atoms with Gasteiger partial charge in [0.15, 0.2) is 0 Å². The summed E-state index contributed by atoms with van der Waals surface area (Å²) in [6.07, 6.45) is 1.65. The molecule has 0 amide bonds. The van der Waals surface area contributed by atoms with Gasteiger partial charge in [-0.05, 0) is 48.9 Å². The number of furan rings is 1. The summed E-state index contributed by atoms with van der Waals surface area (Å²) in [4.78, 5) is 9.42. The molecule has 1 N–H and O–H groups in total. The first-order valence-electron chi connectivity index (χ1n) is 9.33. The molecule has 29 heavy (non-hydrogen) atoms. The summed E-state index contributed by atoms with van der Waals surface area (Å²) < 4.78 is 10.9. The quantitative estimate of drug-likeness (QED) is 0.435. The van der Waals surface area contributed by atoms with Gasteiger partial charge in [0.05, 0.1) is 23.9 Å². The van der Waals surface area contributed by atoms with Crippen molar-refractivity contribution in [2.45, 2.75) is 13.5 Å². The zero-order valence-corrected chi connectivity index (χ0v) is 15.8. The van der Waals surface area contributed by atoms with Gasteiger partial charge in [-0.25, -0.2) is 4.98 Å². The van der Waals surface area contributed by atoms with Crippen molar-refractivity contribution in [3.63, 3.8) is 0 Å². The van der Waals surface area contributed by atoms with Gasteiger partial charge in [0.1, 0.15) is 11.6 Å². The maximum atomic E-state index is 5.51. The second kappa shape index (κ2) is 7.24. The minimum atomic E-state index is 0.474. The molecule has 3 heterocycles. The second-order valence-electron chi connectivity index (χ2n) is 6.80. The number of pyridine rings is 1. The van der Waals surface area contributed by atoms with E-state index in [0.29, 0.717) is 24.1 Å². The predicted octanol–water partition coefficient (Wildman–Crippen LogP) is 5.47. The van der Waals surface area contributed by atoms with Crippen LogP contribution in [0, 0.1) is 6.92 Å². The molecule has 142 valence electrons. The number of hydrogen-bond acceptors (Lipinski definition) is 6. The molecule has 3 aromatic heterocycles. The molecular weight excluding hydrogens is 364 g/mol. The van der Waals surface area contributed by atoms with E-state index in [1.54, 1.807) is 6.26 Å². The molecule has 0 saturated heterocycles. The van der Waals surface area contributed by atoms with Crippen LogP contribution in [0.5, 0.6) is 0 Å². The van der Waals surface area contributed by atoms with E-state index in [1.165, 1.54) is 0 Å². The summed E-state index contributed by atoms with van der Waals surface area (Å²) in [5.41, 5.74) is 3.71. The molecule has 2 aromatic carbocycles. The predicted molar refractivity (Wildman–Crippen MR) is 111 cm³/mol. The van der Waals surface area contributed by atoms with Crippen LogP contribution in [0.4, 0.5) is 5.82 Å². The lowest BCUT2D eigenvalue weighted by Crippen LogP contribution is -2.03. The van der Waals surface area contributed by atoms with Crippen LogP contribution in [0.1, 0.15) is 11.3 Å². The van der Waals surface area contributed by atoms with Gasteiger partial charge in [-0.1, -0.05) is 35.5 Å². The lowest BCUT2D eigenvalue weighted by Gasteiger charge is -2.10. The number of benzene rings is 2. The molecule has 0 atom stereocenters. The Labute approximate surface area is 167 Å². The van der Waals surface area contributed by atoms with Crippen molar-refractivity contribution in [3.05, 3.63) is 84.3 Å². The van der Waals surface area contributed by atoms with Gasteiger partial charge >= 0.3 is 0 Å². The van der Waals surface area contributed by atoms with Crippen LogP contribution in [0.25, 0.3) is 33.7 Å². The number of rotatable bonds is 5. The van der Waals surface area contributed by atoms with E-state index < -0.39 is 0 Å². The first kappa shape index (κ1) is 17.2. The molecule has 5 rings (SSSR count). The monoisotopic (exact) mass is 382 g/mol. The number of fused-ring (bicyclic) bond motifs is 1. The van der Waals surface area contributed by atoms with Crippen molar-refractivity contribution >= 4 is 16.7 Å². The minimum absolute atomic E-state index is 0.474. The van der Waals surface area contributed by atoms with Crippen LogP contribution in [0.15, 0.2) is 81.9 Å². The number of aromatic nitrogens is 3. The van der Waals surface area contributed by atoms with Crippen molar-refractivity contribution in [2.75, 3.05) is 5.32 Å². The van der Waals surface area contributed by atoms with Crippen molar-refractivity contribution in [3.8, 4) is 22.8 Å². The third kappa shape index (κ3) is 3.48. The van der Waals surface area contributed by atoms with E-state index in [4.69, 9.17) is 13.9 Å². The molecule has 6 heteroatoms. The number of nitrogens with zero attached hydrogens (tertiary/aromatic N) is 3. The molecule has 0 spiro atoms. The van der Waals surface area contributed by atoms with Gasteiger partial charge in [-0.3, -0.25) is 0 Å². The maximum absolute atomic E-state index is 5.51. The van der Waals surface area contributed by atoms with Gasteiger partial charge in [-0.15, -0.1) is 0 Å². The van der Waals surface area contributed by atoms with Crippen molar-refractivity contribution in [2.24, 2.45) is 0 Å². The Hall–Kier alpha value is -3.93. The number of aryl methyl sites for hydroxylation is 1. The number of hydrogen-bond donors (Lipinski definition) is 1. The van der Waals surface area contributed by atoms with Crippen molar-refractivity contribution in [1.29, 1.82) is 0 Å². The fourth-order valence-corrected chi connectivity index (χ4v) is 3.20. The molecule has 5 aromatic rings. The highest BCUT2D eigenvalue weighted by Gasteiger charge is 2.16. The van der Waals surface area contributed by atoms with E-state index in [0.717, 1.165) is 33.4 Å². The first-order valence-corrected chi connectivity index (χ1v) is 9.33. The smallest absolute Gasteiger partial charge is 0.258 e. The molecule has 0 bridgehead atoms. The molecule has 0 unspecified atom stereocenters. The van der Waals surface area contributed by atoms with E-state index in [2.05, 4.69) is 40.6 Å². The largest absolute Gasteiger partial charge is 0.467 e. The zero-order chi connectivity index (χ0) is 19.6. The molecule has 0 fully saturated rings. The summed E-state index contributed by atoms with van der Waals surface area (Å²) >= 11 is 0. The average Bonchev–Trinajstić information content (AvgIpc) is 3.44. The molecule has 0 aliphatic heterocycles. The van der Waals surface area contributed by atoms with Gasteiger partial charge < -0.3 is 14.3 Å². The summed E-state index contributed by atoms with van der Waals surface area (Å²) in [7, 11) is 0. The summed E-state index contributed by atoms with van der Waals surface area (Å²) in [6, 6.07) is 21.7. The van der Waals surface area contributed by atoms with Gasteiger partial charge in [0.25, 0.3) is 5.89 Å². The van der Waals surface area contributed by atoms with Crippen molar-refractivity contribution < 1.29 is 8.94 Å². The first-order chi connectivity index (χ1) is 14.3. The van der Waals surface area contributed by atoms with Crippen LogP contribution >= 0.6 is 0 Å². The second-order valence-corrected chi connectivity index (χ2v) is 6.80. The SMILES string of the molecule is Cc1ccc2cc(-c3noc(-c4ccccc4)n3)c(NCc3ccco3)nc2c1. The standard InChI is InChI=1S/C23H18N4O2/c1-15-9-10-17-13-19(22-26-23(29-27-22)16-6-3-2-4-7-16)21(25-20(17)12-15)24-14-18-8-5-11-28-18/h2-13H,14H2,1H3,(H,24,25). The number of anilines is 1. The van der Waals surface area contributed by atoms with Gasteiger partial charge in [0.2, 0.25) is 5.82 Å². The zero-order valence-electron chi connectivity index (χ0n) is 15.8. The van der Waals surface area contributed by atoms with Crippen LogP contribution in [-0.2, 0) is 6.54 Å². The topological polar surface area (TPSA) is 77.0 Å². The Morgan fingerprint density at radius 3 is 2.66 bits per heavy atom. The third-order valence-corrected chi connectivity index (χ3v) is 4.67. The molecule has 0 radical (unpaired) electrons. The molecular formula is C23H18N4O2. The Kier molecular flexibility index (Phi) is 4.29. The van der Waals surface area contributed by atoms with E-state index >= 15 is 0 Å². The normalized spacial score (nSPS) is 11.1. The summed E-state index contributed by atoms with van der Waals surface area (Å²) in [5, 5.41) is 8.57. The van der Waals surface area contributed by atoms with E-state index in [1.807, 2.05) is 48.5 Å². The Balaban J connectivity index is 1.58. The summed E-state index contributed by atoms with van der Waals surface area (Å²) in [5.74, 6) is 2.46. The van der Waals surface area contributed by atoms with Crippen LogP contribution < -0.4 is 5.32 Å². The number of nitrogens with one attached hydrogen (secondary N) is 1. The Bertz CT molecular complexity index is 1260. The van der Waals surface area contributed by atoms with Crippen LogP contribution in [0.3, 0.4) is 0 Å². The molecule has 0 aliphatic rings. The molecule has 6 nitrogen and oxygen atoms in total. The lowest BCUT2D eigenvalue weighted by atomic mass is 10.1. The fraction of sp³-hybridized carbons (Fsp3) is 0.0870. The third-order valence-electron chi connectivity index (χ3n) is 4.67. The Morgan fingerprint density at radius 1 is 0.931 bits per heavy atom. The van der Waals surface area contributed by atoms with Crippen molar-refractivity contribution in [1.82, 2.24) is 15.1 Å². The Morgan fingerprint density at radius 2 is 1.83 bits per heavy atom. The average molecular weight is 382 g/mol. The van der Waals surface area contributed by atoms with Gasteiger partial charge in [-0.2, -0.15) is 4.98 Å². The fourth-order valence-electron chi connectivity index (χ4n) is 3.20. The highest BCUT2D eigenvalue weighted by atomic mass is 16.5. The van der Waals surface area contributed by atoms with Gasteiger partial charge in [0, 0.05) is 10.9 Å². The summed E-state index contributed by atoms with van der Waals surface area (Å²) in [6.45, 7) is 2.56. The minimum Gasteiger partial charge on any atom is -0.467 e. The molecule has 0 saturated carbocycles.